The third kappa shape index (κ3) is 5.59. The molecule has 11 heteroatoms. The fourth-order valence-electron chi connectivity index (χ4n) is 4.35. The first-order chi connectivity index (χ1) is 14.6. The van der Waals surface area contributed by atoms with Gasteiger partial charge >= 0.3 is 0 Å². The topological polar surface area (TPSA) is 105 Å². The molecule has 2 saturated heterocycles. The molecule has 0 aromatic heterocycles. The van der Waals surface area contributed by atoms with Gasteiger partial charge in [0.15, 0.2) is 0 Å². The highest BCUT2D eigenvalue weighted by Gasteiger charge is 2.34. The van der Waals surface area contributed by atoms with Crippen LogP contribution in [0.15, 0.2) is 18.2 Å². The van der Waals surface area contributed by atoms with Gasteiger partial charge in [0, 0.05) is 65.8 Å². The zero-order chi connectivity index (χ0) is 22.8. The molecular formula is C20H33BN4O5S. The second kappa shape index (κ2) is 9.87. The van der Waals surface area contributed by atoms with Gasteiger partial charge in [-0.3, -0.25) is 9.69 Å². The largest absolute Gasteiger partial charge is 0.509 e. The number of phenols is 1. The maximum Gasteiger partial charge on any atom is 0.281 e. The van der Waals surface area contributed by atoms with Gasteiger partial charge in [0.1, 0.15) is 19.7 Å². The quantitative estimate of drug-likeness (QED) is 0.483. The Balaban J connectivity index is 1.47. The first kappa shape index (κ1) is 24.0. The highest BCUT2D eigenvalue weighted by atomic mass is 32.2. The summed E-state index contributed by atoms with van der Waals surface area (Å²) in [7, 11) is 1.51. The van der Waals surface area contributed by atoms with E-state index in [2.05, 4.69) is 4.90 Å². The van der Waals surface area contributed by atoms with Crippen LogP contribution < -0.4 is 5.46 Å². The number of hydrogen-bond acceptors (Lipinski definition) is 6. The Bertz CT molecular complexity index is 882. The number of carbonyl (C=O) groups excluding carboxylic acids is 1. The Hall–Kier alpha value is -1.66. The number of piperazine rings is 1. The minimum Gasteiger partial charge on any atom is -0.509 e. The van der Waals surface area contributed by atoms with Crippen LogP contribution in [0.2, 0.25) is 0 Å². The number of carbonyl (C=O) groups is 1. The molecular weight excluding hydrogens is 419 g/mol. The van der Waals surface area contributed by atoms with Gasteiger partial charge in [0.05, 0.1) is 0 Å². The van der Waals surface area contributed by atoms with Crippen molar-refractivity contribution in [3.8, 4) is 5.75 Å². The van der Waals surface area contributed by atoms with Gasteiger partial charge in [-0.1, -0.05) is 12.1 Å². The number of aromatic hydroxyl groups is 1. The highest BCUT2D eigenvalue weighted by molar-refractivity contribution is 7.86. The van der Waals surface area contributed by atoms with Crippen LogP contribution in [-0.2, 0) is 21.4 Å². The van der Waals surface area contributed by atoms with Gasteiger partial charge in [-0.25, -0.2) is 0 Å². The SMILES string of the molecule is Bc1cc(C[C@@H](O)C(=O)N2CCC(N3CCN(S(=O)(=O)N(C)C)CC3)CC2)ccc1O. The summed E-state index contributed by atoms with van der Waals surface area (Å²) in [6.45, 7) is 3.51. The third-order valence-corrected chi connectivity index (χ3v) is 8.27. The van der Waals surface area contributed by atoms with Crippen LogP contribution in [0.3, 0.4) is 0 Å². The van der Waals surface area contributed by atoms with Crippen LogP contribution in [0.5, 0.6) is 5.75 Å². The molecule has 0 unspecified atom stereocenters. The number of amides is 1. The van der Waals surface area contributed by atoms with Crippen molar-refractivity contribution in [2.24, 2.45) is 0 Å². The predicted octanol–water partition coefficient (Wildman–Crippen LogP) is -2.03. The maximum absolute atomic E-state index is 12.7. The number of rotatable bonds is 6. The number of piperidine rings is 1. The normalized spacial score (nSPS) is 20.8. The molecule has 0 radical (unpaired) electrons. The molecule has 9 nitrogen and oxygen atoms in total. The van der Waals surface area contributed by atoms with Crippen LogP contribution in [0.1, 0.15) is 18.4 Å². The molecule has 2 aliphatic rings. The molecule has 0 aliphatic carbocycles. The van der Waals surface area contributed by atoms with Crippen molar-refractivity contribution in [3.63, 3.8) is 0 Å². The average molecular weight is 452 g/mol. The summed E-state index contributed by atoms with van der Waals surface area (Å²) >= 11 is 0. The molecule has 31 heavy (non-hydrogen) atoms. The molecule has 2 aliphatic heterocycles. The number of aliphatic hydroxyl groups excluding tert-OH is 1. The summed E-state index contributed by atoms with van der Waals surface area (Å²) in [6, 6.07) is 5.41. The first-order valence-electron chi connectivity index (χ1n) is 10.8. The summed E-state index contributed by atoms with van der Waals surface area (Å²) in [5, 5.41) is 20.0. The fourth-order valence-corrected chi connectivity index (χ4v) is 5.43. The van der Waals surface area contributed by atoms with E-state index in [9.17, 15) is 23.4 Å². The highest BCUT2D eigenvalue weighted by Crippen LogP contribution is 2.21. The molecule has 3 rings (SSSR count). The van der Waals surface area contributed by atoms with Gasteiger partial charge in [0.2, 0.25) is 0 Å². The number of aliphatic hydroxyl groups is 1. The molecule has 0 saturated carbocycles. The minimum atomic E-state index is -3.37. The monoisotopic (exact) mass is 452 g/mol. The smallest absolute Gasteiger partial charge is 0.281 e. The van der Waals surface area contributed by atoms with Gasteiger partial charge < -0.3 is 15.1 Å². The average Bonchev–Trinajstić information content (AvgIpc) is 2.76. The van der Waals surface area contributed by atoms with E-state index in [0.717, 1.165) is 23.9 Å². The second-order valence-corrected chi connectivity index (χ2v) is 10.8. The molecule has 0 bridgehead atoms. The van der Waals surface area contributed by atoms with Crippen molar-refractivity contribution in [2.75, 3.05) is 53.4 Å². The molecule has 1 amide bonds. The molecule has 172 valence electrons. The van der Waals surface area contributed by atoms with Gasteiger partial charge in [0.25, 0.3) is 16.1 Å². The lowest BCUT2D eigenvalue weighted by molar-refractivity contribution is -0.141. The Morgan fingerprint density at radius 1 is 1.16 bits per heavy atom. The van der Waals surface area contributed by atoms with E-state index in [1.54, 1.807) is 45.0 Å². The van der Waals surface area contributed by atoms with Crippen molar-refractivity contribution in [3.05, 3.63) is 23.8 Å². The van der Waals surface area contributed by atoms with Gasteiger partial charge in [-0.05, 0) is 29.9 Å². The standard InChI is InChI=1S/C20H33BN4O5S/c1-22(2)31(29,30)25-11-9-23(10-12-25)16-5-7-24(8-6-16)20(28)19(27)14-15-3-4-18(26)17(21)13-15/h3-4,13,16,19,26-27H,5-12,14,21H2,1-2H3/t19-/m1/s1. The zero-order valence-corrected chi connectivity index (χ0v) is 19.4. The van der Waals surface area contributed by atoms with Crippen molar-refractivity contribution in [2.45, 2.75) is 31.4 Å². The zero-order valence-electron chi connectivity index (χ0n) is 18.6. The van der Waals surface area contributed by atoms with E-state index < -0.39 is 16.3 Å². The van der Waals surface area contributed by atoms with Crippen LogP contribution in [0, 0.1) is 0 Å². The molecule has 2 N–H and O–H groups in total. The van der Waals surface area contributed by atoms with Crippen molar-refractivity contribution in [1.82, 2.24) is 18.4 Å². The molecule has 1 aromatic rings. The Morgan fingerprint density at radius 3 is 2.32 bits per heavy atom. The summed E-state index contributed by atoms with van der Waals surface area (Å²) in [6.07, 6.45) is 0.761. The number of phenolic OH excluding ortho intramolecular Hbond substituents is 1. The van der Waals surface area contributed by atoms with E-state index in [1.807, 2.05) is 0 Å². The first-order valence-corrected chi connectivity index (χ1v) is 12.2. The van der Waals surface area contributed by atoms with Crippen molar-refractivity contribution >= 4 is 29.4 Å². The lowest BCUT2D eigenvalue weighted by Crippen LogP contribution is -2.56. The van der Waals surface area contributed by atoms with Crippen LogP contribution in [0.4, 0.5) is 0 Å². The van der Waals surface area contributed by atoms with Crippen LogP contribution in [-0.4, -0.2) is 116 Å². The Labute approximate surface area is 185 Å². The molecule has 1 atom stereocenters. The van der Waals surface area contributed by atoms with Gasteiger partial charge in [-0.15, -0.1) is 0 Å². The van der Waals surface area contributed by atoms with E-state index in [4.69, 9.17) is 0 Å². The van der Waals surface area contributed by atoms with Gasteiger partial charge in [-0.2, -0.15) is 17.0 Å². The van der Waals surface area contributed by atoms with Crippen LogP contribution in [0.25, 0.3) is 0 Å². The summed E-state index contributed by atoms with van der Waals surface area (Å²) in [5.41, 5.74) is 1.54. The molecule has 2 fully saturated rings. The van der Waals surface area contributed by atoms with Crippen molar-refractivity contribution in [1.29, 1.82) is 0 Å². The second-order valence-electron chi connectivity index (χ2n) is 8.62. The third-order valence-electron chi connectivity index (χ3n) is 6.33. The Morgan fingerprint density at radius 2 is 1.77 bits per heavy atom. The molecule has 0 spiro atoms. The van der Waals surface area contributed by atoms with Crippen LogP contribution >= 0.6 is 0 Å². The molecule has 1 aromatic carbocycles. The lowest BCUT2D eigenvalue weighted by atomic mass is 9.91. The number of likely N-dealkylation sites (tertiary alicyclic amines) is 1. The Kier molecular flexibility index (Phi) is 7.64. The fraction of sp³-hybridized carbons (Fsp3) is 0.650. The summed E-state index contributed by atoms with van der Waals surface area (Å²) in [5.74, 6) is -0.0575. The van der Waals surface area contributed by atoms with E-state index in [1.165, 1.54) is 8.61 Å². The summed E-state index contributed by atoms with van der Waals surface area (Å²) in [4.78, 5) is 16.7. The number of hydrogen-bond donors (Lipinski definition) is 2. The lowest BCUT2D eigenvalue weighted by Gasteiger charge is -2.43. The number of benzene rings is 1. The number of nitrogens with zero attached hydrogens (tertiary/aromatic N) is 4. The predicted molar refractivity (Wildman–Crippen MR) is 121 cm³/mol. The molecule has 2 heterocycles. The van der Waals surface area contributed by atoms with E-state index in [-0.39, 0.29) is 18.1 Å². The van der Waals surface area contributed by atoms with Crippen molar-refractivity contribution < 1.29 is 23.4 Å². The minimum absolute atomic E-state index is 0.201. The van der Waals surface area contributed by atoms with E-state index >= 15 is 0 Å². The maximum atomic E-state index is 12.7. The van der Waals surface area contributed by atoms with E-state index in [0.29, 0.717) is 45.3 Å². The summed E-state index contributed by atoms with van der Waals surface area (Å²) < 4.78 is 27.3.